The van der Waals surface area contributed by atoms with Gasteiger partial charge in [0.2, 0.25) is 5.91 Å². The van der Waals surface area contributed by atoms with Gasteiger partial charge in [0.15, 0.2) is 5.76 Å². The Balaban J connectivity index is 1.59. The Morgan fingerprint density at radius 1 is 1.25 bits per heavy atom. The van der Waals surface area contributed by atoms with E-state index in [2.05, 4.69) is 5.32 Å². The van der Waals surface area contributed by atoms with Crippen LogP contribution < -0.4 is 5.32 Å². The van der Waals surface area contributed by atoms with Gasteiger partial charge in [0.1, 0.15) is 17.1 Å². The van der Waals surface area contributed by atoms with E-state index in [0.717, 1.165) is 0 Å². The van der Waals surface area contributed by atoms with Crippen LogP contribution in [0.5, 0.6) is 0 Å². The zero-order chi connectivity index (χ0) is 20.3. The molecule has 148 valence electrons. The highest BCUT2D eigenvalue weighted by atomic mass is 19.1. The summed E-state index contributed by atoms with van der Waals surface area (Å²) in [5.74, 6) is -2.18. The third kappa shape index (κ3) is 4.21. The number of aryl methyl sites for hydroxylation is 1. The molecule has 0 radical (unpaired) electrons. The van der Waals surface area contributed by atoms with Crippen molar-refractivity contribution in [3.8, 4) is 0 Å². The number of likely N-dealkylation sites (tertiary alicyclic amines) is 1. The summed E-state index contributed by atoms with van der Waals surface area (Å²) in [5.41, 5.74) is 0.391. The fourth-order valence-electron chi connectivity index (χ4n) is 3.29. The van der Waals surface area contributed by atoms with Gasteiger partial charge in [0, 0.05) is 37.2 Å². The van der Waals surface area contributed by atoms with Gasteiger partial charge < -0.3 is 19.7 Å². The highest BCUT2D eigenvalue weighted by Crippen LogP contribution is 2.23. The molecule has 0 spiro atoms. The maximum absolute atomic E-state index is 13.2. The smallest absolute Gasteiger partial charge is 0.339 e. The normalized spacial score (nSPS) is 14.7. The zero-order valence-corrected chi connectivity index (χ0v) is 15.4. The van der Waals surface area contributed by atoms with Gasteiger partial charge in [-0.3, -0.25) is 9.59 Å². The van der Waals surface area contributed by atoms with Gasteiger partial charge in [0.25, 0.3) is 5.91 Å². The summed E-state index contributed by atoms with van der Waals surface area (Å²) in [7, 11) is 0. The van der Waals surface area contributed by atoms with Crippen LogP contribution in [0.1, 0.15) is 46.4 Å². The molecule has 2 N–H and O–H groups in total. The lowest BCUT2D eigenvalue weighted by atomic mass is 9.95. The summed E-state index contributed by atoms with van der Waals surface area (Å²) >= 11 is 0. The van der Waals surface area contributed by atoms with Crippen molar-refractivity contribution in [2.24, 2.45) is 5.92 Å². The fourth-order valence-corrected chi connectivity index (χ4v) is 3.29. The lowest BCUT2D eigenvalue weighted by molar-refractivity contribution is -0.121. The molecule has 1 aromatic carbocycles. The minimum absolute atomic E-state index is 0.00286. The van der Waals surface area contributed by atoms with E-state index in [0.29, 0.717) is 38.0 Å². The molecule has 0 bridgehead atoms. The van der Waals surface area contributed by atoms with Gasteiger partial charge in [-0.1, -0.05) is 13.0 Å². The van der Waals surface area contributed by atoms with Crippen molar-refractivity contribution < 1.29 is 28.3 Å². The number of benzene rings is 1. The second-order valence-electron chi connectivity index (χ2n) is 6.67. The molecule has 28 heavy (non-hydrogen) atoms. The molecule has 8 heteroatoms. The standard InChI is InChI=1S/C20H21FN2O5/c1-2-16-15(20(26)27)11-17(28-16)19(25)23-8-6-12(7-9-23)18(24)22-14-5-3-4-13(21)10-14/h3-5,10-12H,2,6-9H2,1H3,(H,22,24)(H,26,27). The van der Waals surface area contributed by atoms with Crippen molar-refractivity contribution in [2.75, 3.05) is 18.4 Å². The molecule has 2 amide bonds. The molecular weight excluding hydrogens is 367 g/mol. The Hall–Kier alpha value is -3.16. The Kier molecular flexibility index (Phi) is 5.77. The Morgan fingerprint density at radius 3 is 2.54 bits per heavy atom. The minimum Gasteiger partial charge on any atom is -0.478 e. The second kappa shape index (κ2) is 8.24. The number of piperidine rings is 1. The molecule has 0 unspecified atom stereocenters. The zero-order valence-electron chi connectivity index (χ0n) is 15.4. The van der Waals surface area contributed by atoms with Crippen molar-refractivity contribution in [1.82, 2.24) is 4.90 Å². The molecule has 1 aliphatic heterocycles. The Morgan fingerprint density at radius 2 is 1.96 bits per heavy atom. The van der Waals surface area contributed by atoms with Crippen LogP contribution in [0.15, 0.2) is 34.7 Å². The first kappa shape index (κ1) is 19.6. The number of halogens is 1. The molecule has 2 heterocycles. The topological polar surface area (TPSA) is 99.9 Å². The van der Waals surface area contributed by atoms with Crippen molar-refractivity contribution in [1.29, 1.82) is 0 Å². The van der Waals surface area contributed by atoms with E-state index in [-0.39, 0.29) is 34.8 Å². The SMILES string of the molecule is CCc1oc(C(=O)N2CCC(C(=O)Nc3cccc(F)c3)CC2)cc1C(=O)O. The van der Waals surface area contributed by atoms with E-state index >= 15 is 0 Å². The summed E-state index contributed by atoms with van der Waals surface area (Å²) in [6, 6.07) is 6.94. The lowest BCUT2D eigenvalue weighted by Gasteiger charge is -2.30. The quantitative estimate of drug-likeness (QED) is 0.820. The molecule has 0 atom stereocenters. The van der Waals surface area contributed by atoms with Crippen molar-refractivity contribution in [3.63, 3.8) is 0 Å². The largest absolute Gasteiger partial charge is 0.478 e. The second-order valence-corrected chi connectivity index (χ2v) is 6.67. The van der Waals surface area contributed by atoms with E-state index in [1.807, 2.05) is 0 Å². The fraction of sp³-hybridized carbons (Fsp3) is 0.350. The van der Waals surface area contributed by atoms with Crippen LogP contribution >= 0.6 is 0 Å². The number of carbonyl (C=O) groups excluding carboxylic acids is 2. The van der Waals surface area contributed by atoms with Crippen LogP contribution in [-0.4, -0.2) is 40.9 Å². The highest BCUT2D eigenvalue weighted by molar-refractivity contribution is 5.97. The van der Waals surface area contributed by atoms with E-state index in [1.165, 1.54) is 24.3 Å². The molecule has 2 aromatic rings. The first-order valence-electron chi connectivity index (χ1n) is 9.10. The number of hydrogen-bond acceptors (Lipinski definition) is 4. The molecule has 1 aromatic heterocycles. The average molecular weight is 388 g/mol. The third-order valence-corrected chi connectivity index (χ3v) is 4.82. The molecule has 3 rings (SSSR count). The predicted molar refractivity (Wildman–Crippen MR) is 98.7 cm³/mol. The van der Waals surface area contributed by atoms with Gasteiger partial charge in [-0.25, -0.2) is 9.18 Å². The number of furan rings is 1. The summed E-state index contributed by atoms with van der Waals surface area (Å²) in [6.07, 6.45) is 1.29. The third-order valence-electron chi connectivity index (χ3n) is 4.82. The maximum atomic E-state index is 13.2. The Bertz CT molecular complexity index is 900. The first-order valence-corrected chi connectivity index (χ1v) is 9.10. The molecule has 7 nitrogen and oxygen atoms in total. The number of anilines is 1. The van der Waals surface area contributed by atoms with Crippen LogP contribution in [0.4, 0.5) is 10.1 Å². The van der Waals surface area contributed by atoms with Crippen molar-refractivity contribution in [3.05, 3.63) is 53.2 Å². The number of rotatable bonds is 5. The minimum atomic E-state index is -1.13. The number of hydrogen-bond donors (Lipinski definition) is 2. The van der Waals surface area contributed by atoms with Crippen LogP contribution in [-0.2, 0) is 11.2 Å². The Labute approximate surface area is 161 Å². The molecule has 0 aliphatic carbocycles. The van der Waals surface area contributed by atoms with Gasteiger partial charge in [0.05, 0.1) is 0 Å². The first-order chi connectivity index (χ1) is 13.4. The molecule has 1 fully saturated rings. The molecule has 1 aliphatic rings. The van der Waals surface area contributed by atoms with Gasteiger partial charge >= 0.3 is 5.97 Å². The molecule has 0 saturated carbocycles. The predicted octanol–water partition coefficient (Wildman–Crippen LogP) is 3.17. The number of amides is 2. The summed E-state index contributed by atoms with van der Waals surface area (Å²) in [6.45, 7) is 2.46. The van der Waals surface area contributed by atoms with Gasteiger partial charge in [-0.2, -0.15) is 0 Å². The number of nitrogens with one attached hydrogen (secondary N) is 1. The van der Waals surface area contributed by atoms with Crippen molar-refractivity contribution >= 4 is 23.5 Å². The van der Waals surface area contributed by atoms with E-state index in [9.17, 15) is 23.9 Å². The number of carboxylic acid groups (broad SMARTS) is 1. The van der Waals surface area contributed by atoms with Crippen LogP contribution in [0, 0.1) is 11.7 Å². The van der Waals surface area contributed by atoms with E-state index in [4.69, 9.17) is 4.42 Å². The van der Waals surface area contributed by atoms with E-state index in [1.54, 1.807) is 17.9 Å². The maximum Gasteiger partial charge on any atom is 0.339 e. The number of aromatic carboxylic acids is 1. The number of carboxylic acids is 1. The number of nitrogens with zero attached hydrogens (tertiary/aromatic N) is 1. The molecule has 1 saturated heterocycles. The highest BCUT2D eigenvalue weighted by Gasteiger charge is 2.30. The van der Waals surface area contributed by atoms with Crippen molar-refractivity contribution in [2.45, 2.75) is 26.2 Å². The lowest BCUT2D eigenvalue weighted by Crippen LogP contribution is -2.41. The van der Waals surface area contributed by atoms with Crippen LogP contribution in [0.3, 0.4) is 0 Å². The van der Waals surface area contributed by atoms with Gasteiger partial charge in [-0.05, 0) is 31.0 Å². The van der Waals surface area contributed by atoms with E-state index < -0.39 is 11.8 Å². The summed E-state index contributed by atoms with van der Waals surface area (Å²) in [5, 5.41) is 11.9. The summed E-state index contributed by atoms with van der Waals surface area (Å²) < 4.78 is 18.6. The van der Waals surface area contributed by atoms with Crippen LogP contribution in [0.2, 0.25) is 0 Å². The molecular formula is C20H21FN2O5. The average Bonchev–Trinajstić information content (AvgIpc) is 3.12. The van der Waals surface area contributed by atoms with Gasteiger partial charge in [-0.15, -0.1) is 0 Å². The number of carbonyl (C=O) groups is 3. The monoisotopic (exact) mass is 388 g/mol. The van der Waals surface area contributed by atoms with Crippen LogP contribution in [0.25, 0.3) is 0 Å². The summed E-state index contributed by atoms with van der Waals surface area (Å²) in [4.78, 5) is 37.8.